The fraction of sp³-hybridized carbons (Fsp3) is 0.471. The summed E-state index contributed by atoms with van der Waals surface area (Å²) in [6.45, 7) is 3.77. The zero-order chi connectivity index (χ0) is 16.2. The number of rotatable bonds is 5. The van der Waals surface area contributed by atoms with Crippen LogP contribution in [0.2, 0.25) is 0 Å². The van der Waals surface area contributed by atoms with Crippen LogP contribution in [-0.2, 0) is 9.53 Å². The molecule has 1 amide bonds. The van der Waals surface area contributed by atoms with Crippen molar-refractivity contribution in [3.63, 3.8) is 0 Å². The number of likely N-dealkylation sites (tertiary alicyclic amines) is 1. The lowest BCUT2D eigenvalue weighted by Gasteiger charge is -2.30. The van der Waals surface area contributed by atoms with Crippen molar-refractivity contribution in [2.45, 2.75) is 25.7 Å². The highest BCUT2D eigenvalue weighted by atomic mass is 16.5. The number of piperidine rings is 1. The summed E-state index contributed by atoms with van der Waals surface area (Å²) in [6, 6.07) is 7.96. The van der Waals surface area contributed by atoms with Crippen LogP contribution in [0.15, 0.2) is 28.8 Å². The number of aryl methyl sites for hydroxylation is 1. The van der Waals surface area contributed by atoms with Crippen LogP contribution in [0, 0.1) is 6.92 Å². The van der Waals surface area contributed by atoms with Crippen molar-refractivity contribution in [2.24, 2.45) is 0 Å². The molecular weight excluding hydrogens is 294 g/mol. The van der Waals surface area contributed by atoms with Crippen molar-refractivity contribution in [3.8, 4) is 11.4 Å². The van der Waals surface area contributed by atoms with E-state index < -0.39 is 0 Å². The molecule has 1 aliphatic heterocycles. The third-order valence-corrected chi connectivity index (χ3v) is 4.24. The van der Waals surface area contributed by atoms with Gasteiger partial charge in [0.15, 0.2) is 0 Å². The number of hydrogen-bond acceptors (Lipinski definition) is 5. The molecule has 0 aliphatic carbocycles. The minimum absolute atomic E-state index is 0.0924. The summed E-state index contributed by atoms with van der Waals surface area (Å²) < 4.78 is 10.5. The molecule has 2 aromatic rings. The molecule has 0 saturated carbocycles. The van der Waals surface area contributed by atoms with Crippen molar-refractivity contribution >= 4 is 5.91 Å². The number of ether oxygens (including phenoxy) is 1. The molecule has 1 aromatic carbocycles. The van der Waals surface area contributed by atoms with E-state index in [4.69, 9.17) is 9.26 Å². The van der Waals surface area contributed by atoms with E-state index in [0.29, 0.717) is 37.8 Å². The van der Waals surface area contributed by atoms with Gasteiger partial charge in [-0.3, -0.25) is 4.79 Å². The van der Waals surface area contributed by atoms with Gasteiger partial charge in [0.25, 0.3) is 0 Å². The van der Waals surface area contributed by atoms with Gasteiger partial charge in [0, 0.05) is 32.2 Å². The summed E-state index contributed by atoms with van der Waals surface area (Å²) in [6.07, 6.45) is 1.26. The number of benzene rings is 1. The topological polar surface area (TPSA) is 68.5 Å². The predicted molar refractivity (Wildman–Crippen MR) is 84.9 cm³/mol. The van der Waals surface area contributed by atoms with E-state index in [2.05, 4.69) is 10.1 Å². The average Bonchev–Trinajstić information content (AvgIpc) is 3.04. The molecule has 1 atom stereocenters. The minimum Gasteiger partial charge on any atom is -0.383 e. The second-order valence-electron chi connectivity index (χ2n) is 5.84. The van der Waals surface area contributed by atoms with Crippen LogP contribution in [-0.4, -0.2) is 47.8 Å². The molecule has 1 saturated heterocycles. The van der Waals surface area contributed by atoms with Crippen LogP contribution in [0.5, 0.6) is 0 Å². The Morgan fingerprint density at radius 2 is 2.22 bits per heavy atom. The third-order valence-electron chi connectivity index (χ3n) is 4.24. The summed E-state index contributed by atoms with van der Waals surface area (Å²) >= 11 is 0. The Hall–Kier alpha value is -2.21. The summed E-state index contributed by atoms with van der Waals surface area (Å²) in [5.41, 5.74) is 2.09. The molecule has 0 spiro atoms. The molecule has 2 heterocycles. The standard InChI is InChI=1S/C17H21N3O3/c1-12-5-3-4-6-14(12)16-18-17(23-19-16)13-7-8-15(21)20(11-13)9-10-22-2/h3-6,13H,7-11H2,1-2H3. The van der Waals surface area contributed by atoms with Crippen molar-refractivity contribution in [1.29, 1.82) is 0 Å². The molecule has 6 nitrogen and oxygen atoms in total. The Kier molecular flexibility index (Phi) is 4.71. The lowest BCUT2D eigenvalue weighted by Crippen LogP contribution is -2.41. The van der Waals surface area contributed by atoms with E-state index in [1.165, 1.54) is 0 Å². The van der Waals surface area contributed by atoms with Crippen molar-refractivity contribution < 1.29 is 14.1 Å². The maximum absolute atomic E-state index is 12.0. The van der Waals surface area contributed by atoms with Crippen LogP contribution in [0.1, 0.15) is 30.2 Å². The summed E-state index contributed by atoms with van der Waals surface area (Å²) in [4.78, 5) is 18.3. The van der Waals surface area contributed by atoms with E-state index in [1.807, 2.05) is 36.1 Å². The monoisotopic (exact) mass is 315 g/mol. The maximum atomic E-state index is 12.0. The molecule has 1 aromatic heterocycles. The van der Waals surface area contributed by atoms with Gasteiger partial charge in [-0.15, -0.1) is 0 Å². The van der Waals surface area contributed by atoms with Crippen molar-refractivity contribution in [3.05, 3.63) is 35.7 Å². The summed E-state index contributed by atoms with van der Waals surface area (Å²) in [7, 11) is 1.64. The van der Waals surface area contributed by atoms with Gasteiger partial charge in [-0.05, 0) is 18.9 Å². The highest BCUT2D eigenvalue weighted by Gasteiger charge is 2.30. The Labute approximate surface area is 135 Å². The van der Waals surface area contributed by atoms with Gasteiger partial charge >= 0.3 is 0 Å². The lowest BCUT2D eigenvalue weighted by atomic mass is 9.97. The number of hydrogen-bond donors (Lipinski definition) is 0. The Bertz CT molecular complexity index is 683. The number of carbonyl (C=O) groups excluding carboxylic acids is 1. The first-order chi connectivity index (χ1) is 11.2. The second-order valence-corrected chi connectivity index (χ2v) is 5.84. The quantitative estimate of drug-likeness (QED) is 0.847. The maximum Gasteiger partial charge on any atom is 0.231 e. The van der Waals surface area contributed by atoms with Crippen LogP contribution >= 0.6 is 0 Å². The van der Waals surface area contributed by atoms with Gasteiger partial charge in [0.1, 0.15) is 0 Å². The molecule has 3 rings (SSSR count). The molecular formula is C17H21N3O3. The van der Waals surface area contributed by atoms with Crippen LogP contribution < -0.4 is 0 Å². The molecule has 1 fully saturated rings. The Morgan fingerprint density at radius 3 is 3.00 bits per heavy atom. The molecule has 0 bridgehead atoms. The fourth-order valence-corrected chi connectivity index (χ4v) is 2.87. The fourth-order valence-electron chi connectivity index (χ4n) is 2.87. The van der Waals surface area contributed by atoms with Crippen LogP contribution in [0.3, 0.4) is 0 Å². The van der Waals surface area contributed by atoms with Gasteiger partial charge in [-0.2, -0.15) is 4.98 Å². The molecule has 1 unspecified atom stereocenters. The zero-order valence-corrected chi connectivity index (χ0v) is 13.5. The largest absolute Gasteiger partial charge is 0.383 e. The first-order valence-corrected chi connectivity index (χ1v) is 7.85. The smallest absolute Gasteiger partial charge is 0.231 e. The zero-order valence-electron chi connectivity index (χ0n) is 13.5. The highest BCUT2D eigenvalue weighted by molar-refractivity contribution is 5.77. The Balaban J connectivity index is 1.75. The van der Waals surface area contributed by atoms with E-state index in [-0.39, 0.29) is 11.8 Å². The van der Waals surface area contributed by atoms with Crippen LogP contribution in [0.4, 0.5) is 0 Å². The van der Waals surface area contributed by atoms with Gasteiger partial charge in [-0.1, -0.05) is 29.4 Å². The SMILES string of the molecule is COCCN1CC(c2nc(-c3ccccc3C)no2)CCC1=O. The molecule has 1 aliphatic rings. The molecule has 23 heavy (non-hydrogen) atoms. The van der Waals surface area contributed by atoms with Gasteiger partial charge in [0.05, 0.1) is 12.5 Å². The van der Waals surface area contributed by atoms with E-state index in [1.54, 1.807) is 7.11 Å². The molecule has 122 valence electrons. The van der Waals surface area contributed by atoms with Gasteiger partial charge in [-0.25, -0.2) is 0 Å². The van der Waals surface area contributed by atoms with E-state index in [9.17, 15) is 4.79 Å². The summed E-state index contributed by atoms with van der Waals surface area (Å²) in [5, 5.41) is 4.11. The van der Waals surface area contributed by atoms with Gasteiger partial charge < -0.3 is 14.2 Å². The van der Waals surface area contributed by atoms with Crippen molar-refractivity contribution in [2.75, 3.05) is 26.8 Å². The lowest BCUT2D eigenvalue weighted by molar-refractivity contribution is -0.134. The van der Waals surface area contributed by atoms with E-state index in [0.717, 1.165) is 17.5 Å². The Morgan fingerprint density at radius 1 is 1.39 bits per heavy atom. The molecule has 0 radical (unpaired) electrons. The van der Waals surface area contributed by atoms with E-state index >= 15 is 0 Å². The number of aromatic nitrogens is 2. The summed E-state index contributed by atoms with van der Waals surface area (Å²) in [5.74, 6) is 1.48. The number of carbonyl (C=O) groups is 1. The first kappa shape index (κ1) is 15.7. The molecule has 0 N–H and O–H groups in total. The number of amides is 1. The van der Waals surface area contributed by atoms with Crippen LogP contribution in [0.25, 0.3) is 11.4 Å². The second kappa shape index (κ2) is 6.91. The first-order valence-electron chi connectivity index (χ1n) is 7.85. The minimum atomic E-state index is 0.0924. The predicted octanol–water partition coefficient (Wildman–Crippen LogP) is 2.40. The number of nitrogens with zero attached hydrogens (tertiary/aromatic N) is 3. The highest BCUT2D eigenvalue weighted by Crippen LogP contribution is 2.28. The normalized spacial score (nSPS) is 18.4. The van der Waals surface area contributed by atoms with Gasteiger partial charge in [0.2, 0.25) is 17.6 Å². The third kappa shape index (κ3) is 3.42. The van der Waals surface area contributed by atoms with Crippen molar-refractivity contribution in [1.82, 2.24) is 15.0 Å². The number of methoxy groups -OCH3 is 1. The average molecular weight is 315 g/mol. The molecule has 6 heteroatoms.